The van der Waals surface area contributed by atoms with Gasteiger partial charge in [0.1, 0.15) is 0 Å². The highest BCUT2D eigenvalue weighted by molar-refractivity contribution is 7.07. The minimum atomic E-state index is -5.02. The molecule has 0 saturated carbocycles. The Morgan fingerprint density at radius 1 is 0.952 bits per heavy atom. The fourth-order valence-corrected chi connectivity index (χ4v) is 5.72. The Bertz CT molecular complexity index is 1350. The van der Waals surface area contributed by atoms with Crippen LogP contribution in [0.25, 0.3) is 0 Å². The zero-order chi connectivity index (χ0) is 30.1. The number of alkyl halides is 6. The van der Waals surface area contributed by atoms with E-state index in [9.17, 15) is 31.1 Å². The van der Waals surface area contributed by atoms with Crippen LogP contribution < -0.4 is 14.4 Å². The van der Waals surface area contributed by atoms with Gasteiger partial charge >= 0.3 is 18.4 Å². The van der Waals surface area contributed by atoms with Gasteiger partial charge < -0.3 is 19.1 Å². The lowest BCUT2D eigenvalue weighted by Gasteiger charge is -2.44. The van der Waals surface area contributed by atoms with E-state index in [1.165, 1.54) is 14.2 Å². The molecular weight excluding hydrogens is 610 g/mol. The van der Waals surface area contributed by atoms with Gasteiger partial charge in [-0.3, -0.25) is 4.90 Å². The fraction of sp³-hybridized carbons (Fsp3) is 0.393. The largest absolute Gasteiger partial charge is 0.493 e. The maximum absolute atomic E-state index is 13.6. The summed E-state index contributed by atoms with van der Waals surface area (Å²) in [6, 6.07) is 5.75. The topological polar surface area (TPSA) is 51.2 Å². The average Bonchev–Trinajstić information content (AvgIpc) is 3.44. The molecule has 6 nitrogen and oxygen atoms in total. The molecule has 14 heteroatoms. The summed E-state index contributed by atoms with van der Waals surface area (Å²) >= 11 is 1.54. The number of anilines is 1. The van der Waals surface area contributed by atoms with Crippen molar-refractivity contribution in [1.29, 1.82) is 0 Å². The quantitative estimate of drug-likeness (QED) is 0.244. The van der Waals surface area contributed by atoms with E-state index in [2.05, 4.69) is 4.90 Å². The number of fused-ring (bicyclic) bond motifs is 1. The molecule has 2 heterocycles. The van der Waals surface area contributed by atoms with E-state index in [1.54, 1.807) is 23.5 Å². The second kappa shape index (κ2) is 12.9. The average molecular weight is 639 g/mol. The van der Waals surface area contributed by atoms with E-state index in [-0.39, 0.29) is 30.1 Å². The molecule has 1 aliphatic heterocycles. The molecule has 42 heavy (non-hydrogen) atoms. The van der Waals surface area contributed by atoms with Crippen LogP contribution >= 0.6 is 23.7 Å². The van der Waals surface area contributed by atoms with Crippen LogP contribution in [0.4, 0.5) is 36.8 Å². The van der Waals surface area contributed by atoms with Gasteiger partial charge in [-0.25, -0.2) is 4.79 Å². The summed E-state index contributed by atoms with van der Waals surface area (Å²) in [6.45, 7) is 1.90. The molecule has 0 fully saturated rings. The molecule has 0 radical (unpaired) electrons. The van der Waals surface area contributed by atoms with E-state index < -0.39 is 42.2 Å². The highest BCUT2D eigenvalue weighted by Crippen LogP contribution is 2.47. The molecule has 0 N–H and O–H groups in total. The lowest BCUT2D eigenvalue weighted by atomic mass is 9.89. The van der Waals surface area contributed by atoms with Gasteiger partial charge in [0.2, 0.25) is 0 Å². The van der Waals surface area contributed by atoms with Crippen LogP contribution in [0.5, 0.6) is 11.5 Å². The van der Waals surface area contributed by atoms with E-state index in [1.807, 2.05) is 23.8 Å². The maximum Gasteiger partial charge on any atom is 0.416 e. The second-order valence-corrected chi connectivity index (χ2v) is 10.4. The molecule has 0 unspecified atom stereocenters. The number of hydrogen-bond acceptors (Lipinski definition) is 6. The number of hydrogen-bond donors (Lipinski definition) is 0. The van der Waals surface area contributed by atoms with Gasteiger partial charge in [-0.05, 0) is 65.6 Å². The second-order valence-electron chi connectivity index (χ2n) is 9.64. The van der Waals surface area contributed by atoms with Crippen LogP contribution in [-0.4, -0.2) is 38.4 Å². The van der Waals surface area contributed by atoms with Crippen molar-refractivity contribution in [3.63, 3.8) is 0 Å². The van der Waals surface area contributed by atoms with Crippen molar-refractivity contribution in [1.82, 2.24) is 4.90 Å². The summed E-state index contributed by atoms with van der Waals surface area (Å²) in [5, 5.41) is 3.96. The lowest BCUT2D eigenvalue weighted by Crippen LogP contribution is -2.44. The van der Waals surface area contributed by atoms with Gasteiger partial charge in [0, 0.05) is 36.4 Å². The first-order chi connectivity index (χ1) is 19.3. The SMILES string of the molecule is COC(=O)N(Cc1cc(C(F)(F)F)cc(C(F)(F)F)c1)[C@@H]1C[C@H](C)N(Cc2ccsc2)c2cc(OC)c(OC)cc21.Cl. The van der Waals surface area contributed by atoms with Gasteiger partial charge in [-0.1, -0.05) is 0 Å². The van der Waals surface area contributed by atoms with E-state index in [4.69, 9.17) is 14.2 Å². The molecule has 0 saturated heterocycles. The number of benzene rings is 2. The summed E-state index contributed by atoms with van der Waals surface area (Å²) in [4.78, 5) is 16.4. The van der Waals surface area contributed by atoms with Crippen molar-refractivity contribution >= 4 is 35.5 Å². The number of amides is 1. The number of carbonyl (C=O) groups excluding carboxylic acids is 1. The summed E-state index contributed by atoms with van der Waals surface area (Å²) in [6.07, 6.45) is -10.6. The number of halogens is 7. The van der Waals surface area contributed by atoms with Crippen molar-refractivity contribution in [3.8, 4) is 11.5 Å². The molecule has 0 aliphatic carbocycles. The Hall–Kier alpha value is -3.32. The molecule has 0 bridgehead atoms. The summed E-state index contributed by atoms with van der Waals surface area (Å²) in [7, 11) is 4.02. The first-order valence-corrected chi connectivity index (χ1v) is 13.4. The molecule has 2 atom stereocenters. The molecular formula is C28H29ClF6N2O4S. The maximum atomic E-state index is 13.6. The van der Waals surface area contributed by atoms with Crippen LogP contribution in [0.15, 0.2) is 47.2 Å². The zero-order valence-corrected chi connectivity index (χ0v) is 24.6. The first kappa shape index (κ1) is 33.2. The van der Waals surface area contributed by atoms with Crippen molar-refractivity contribution < 1.29 is 45.3 Å². The molecule has 1 amide bonds. The minimum absolute atomic E-state index is 0. The zero-order valence-electron chi connectivity index (χ0n) is 23.0. The van der Waals surface area contributed by atoms with Crippen molar-refractivity contribution in [2.75, 3.05) is 26.2 Å². The van der Waals surface area contributed by atoms with Crippen LogP contribution in [0.2, 0.25) is 0 Å². The number of rotatable bonds is 7. The van der Waals surface area contributed by atoms with Crippen molar-refractivity contribution in [2.45, 2.75) is 50.9 Å². The van der Waals surface area contributed by atoms with E-state index >= 15 is 0 Å². The summed E-state index contributed by atoms with van der Waals surface area (Å²) in [5.41, 5.74) is -0.936. The van der Waals surface area contributed by atoms with Crippen molar-refractivity contribution in [3.05, 3.63) is 75.0 Å². The monoisotopic (exact) mass is 638 g/mol. The standard InChI is InChI=1S/C28H28F6N2O4S.ClH/c1-16-7-22(21-11-24(38-2)25(39-3)12-23(21)35(16)13-17-5-6-41-15-17)36(26(37)40-4)14-18-8-19(27(29,30)31)10-20(9-18)28(32,33)34;/h5-6,8-12,15-16,22H,7,13-14H2,1-4H3;1H/t16-,22+;/m0./s1. The Morgan fingerprint density at radius 3 is 2.05 bits per heavy atom. The summed E-state index contributed by atoms with van der Waals surface area (Å²) in [5.74, 6) is 0.774. The Morgan fingerprint density at radius 2 is 1.55 bits per heavy atom. The minimum Gasteiger partial charge on any atom is -0.493 e. The molecule has 1 aliphatic rings. The third-order valence-electron chi connectivity index (χ3n) is 7.02. The van der Waals surface area contributed by atoms with Crippen molar-refractivity contribution in [2.24, 2.45) is 0 Å². The molecule has 2 aromatic carbocycles. The third-order valence-corrected chi connectivity index (χ3v) is 7.75. The predicted octanol–water partition coefficient (Wildman–Crippen LogP) is 8.33. The Labute approximate surface area is 249 Å². The van der Waals surface area contributed by atoms with Crippen LogP contribution in [0.1, 0.15) is 47.2 Å². The smallest absolute Gasteiger partial charge is 0.416 e. The molecule has 230 valence electrons. The Kier molecular flexibility index (Phi) is 10.2. The molecule has 3 aromatic rings. The first-order valence-electron chi connectivity index (χ1n) is 12.4. The molecule has 4 rings (SSSR count). The predicted molar refractivity (Wildman–Crippen MR) is 149 cm³/mol. The third kappa shape index (κ3) is 7.00. The van der Waals surface area contributed by atoms with Gasteiger partial charge in [-0.15, -0.1) is 12.4 Å². The van der Waals surface area contributed by atoms with E-state index in [0.717, 1.165) is 17.6 Å². The van der Waals surface area contributed by atoms with Crippen LogP contribution in [0.3, 0.4) is 0 Å². The molecule has 1 aromatic heterocycles. The Balaban J connectivity index is 0.00000484. The normalized spacial score (nSPS) is 16.8. The van der Waals surface area contributed by atoms with E-state index in [0.29, 0.717) is 47.8 Å². The number of thiophene rings is 1. The lowest BCUT2D eigenvalue weighted by molar-refractivity contribution is -0.143. The highest BCUT2D eigenvalue weighted by Gasteiger charge is 2.40. The molecule has 0 spiro atoms. The highest BCUT2D eigenvalue weighted by atomic mass is 35.5. The van der Waals surface area contributed by atoms with Gasteiger partial charge in [0.05, 0.1) is 38.5 Å². The van der Waals surface area contributed by atoms with Crippen LogP contribution in [-0.2, 0) is 30.2 Å². The van der Waals surface area contributed by atoms with Gasteiger partial charge in [0.15, 0.2) is 11.5 Å². The number of methoxy groups -OCH3 is 3. The van der Waals surface area contributed by atoms with Gasteiger partial charge in [0.25, 0.3) is 0 Å². The summed E-state index contributed by atoms with van der Waals surface area (Å²) < 4.78 is 97.3. The fourth-order valence-electron chi connectivity index (χ4n) is 5.06. The number of carbonyl (C=O) groups is 1. The van der Waals surface area contributed by atoms with Gasteiger partial charge in [-0.2, -0.15) is 37.7 Å². The van der Waals surface area contributed by atoms with Crippen LogP contribution in [0, 0.1) is 0 Å². The number of nitrogens with zero attached hydrogens (tertiary/aromatic N) is 2. The number of ether oxygens (including phenoxy) is 3.